The van der Waals surface area contributed by atoms with Crippen LogP contribution in [0.25, 0.3) is 0 Å². The lowest BCUT2D eigenvalue weighted by Crippen LogP contribution is -2.42. The minimum atomic E-state index is -0.330. The molecular weight excluding hydrogens is 432 g/mol. The topological polar surface area (TPSA) is 58.6 Å². The number of hydrogen-bond donors (Lipinski definition) is 1. The Morgan fingerprint density at radius 1 is 1.30 bits per heavy atom. The quantitative estimate of drug-likeness (QED) is 0.763. The molecular formula is C20H20BrClN2O3. The summed E-state index contributed by atoms with van der Waals surface area (Å²) in [7, 11) is 1.63. The Balaban J connectivity index is 1.59. The Kier molecular flexibility index (Phi) is 6.07. The smallest absolute Gasteiger partial charge is 0.243 e. The molecule has 0 bridgehead atoms. The van der Waals surface area contributed by atoms with E-state index in [4.69, 9.17) is 16.3 Å². The number of ether oxygens (including phenoxy) is 1. The van der Waals surface area contributed by atoms with Crippen molar-refractivity contribution in [3.63, 3.8) is 0 Å². The van der Waals surface area contributed by atoms with Crippen LogP contribution in [-0.2, 0) is 16.0 Å². The molecule has 1 aliphatic heterocycles. The molecule has 0 aliphatic carbocycles. The lowest BCUT2D eigenvalue weighted by Gasteiger charge is -2.28. The minimum absolute atomic E-state index is 0.0206. The second-order valence-electron chi connectivity index (χ2n) is 6.67. The van der Waals surface area contributed by atoms with E-state index < -0.39 is 0 Å². The highest BCUT2D eigenvalue weighted by Gasteiger charge is 2.29. The van der Waals surface area contributed by atoms with Crippen LogP contribution in [0.2, 0.25) is 5.02 Å². The van der Waals surface area contributed by atoms with Gasteiger partial charge in [0.05, 0.1) is 12.5 Å². The van der Waals surface area contributed by atoms with Crippen LogP contribution >= 0.6 is 27.5 Å². The van der Waals surface area contributed by atoms with Gasteiger partial charge in [0.25, 0.3) is 0 Å². The van der Waals surface area contributed by atoms with Crippen LogP contribution in [0, 0.1) is 12.8 Å². The van der Waals surface area contributed by atoms with Crippen LogP contribution in [0.5, 0.6) is 5.75 Å². The summed E-state index contributed by atoms with van der Waals surface area (Å²) in [4.78, 5) is 26.5. The van der Waals surface area contributed by atoms with Gasteiger partial charge in [-0.1, -0.05) is 27.5 Å². The van der Waals surface area contributed by atoms with Crippen LogP contribution in [-0.4, -0.2) is 36.9 Å². The van der Waals surface area contributed by atoms with Crippen molar-refractivity contribution in [2.75, 3.05) is 25.5 Å². The molecule has 0 radical (unpaired) electrons. The van der Waals surface area contributed by atoms with Gasteiger partial charge in [-0.3, -0.25) is 9.59 Å². The summed E-state index contributed by atoms with van der Waals surface area (Å²) in [6.45, 7) is 2.19. The largest absolute Gasteiger partial charge is 0.492 e. The maximum Gasteiger partial charge on any atom is 0.243 e. The van der Waals surface area contributed by atoms with Gasteiger partial charge in [-0.15, -0.1) is 0 Å². The number of halogens is 2. The second-order valence-corrected chi connectivity index (χ2v) is 8.02. The number of likely N-dealkylation sites (N-methyl/N-ethyl adjacent to an activating group) is 1. The number of aryl methyl sites for hydroxylation is 1. The first-order valence-corrected chi connectivity index (χ1v) is 9.73. The predicted molar refractivity (Wildman–Crippen MR) is 109 cm³/mol. The molecule has 2 amide bonds. The van der Waals surface area contributed by atoms with Crippen LogP contribution < -0.4 is 10.1 Å². The molecule has 1 atom stereocenters. The third kappa shape index (κ3) is 4.82. The number of carbonyl (C=O) groups is 2. The third-order valence-corrected chi connectivity index (χ3v) is 5.23. The zero-order valence-electron chi connectivity index (χ0n) is 15.1. The van der Waals surface area contributed by atoms with E-state index in [0.717, 1.165) is 27.0 Å². The summed E-state index contributed by atoms with van der Waals surface area (Å²) >= 11 is 9.42. The van der Waals surface area contributed by atoms with Crippen molar-refractivity contribution >= 4 is 45.0 Å². The van der Waals surface area contributed by atoms with E-state index in [1.54, 1.807) is 13.1 Å². The maximum absolute atomic E-state index is 12.7. The summed E-state index contributed by atoms with van der Waals surface area (Å²) in [6.07, 6.45) is 0.548. The average molecular weight is 452 g/mol. The second kappa shape index (κ2) is 8.31. The van der Waals surface area contributed by atoms with Crippen LogP contribution in [0.1, 0.15) is 11.1 Å². The van der Waals surface area contributed by atoms with E-state index in [-0.39, 0.29) is 24.3 Å². The van der Waals surface area contributed by atoms with Gasteiger partial charge in [0.2, 0.25) is 11.8 Å². The fourth-order valence-corrected chi connectivity index (χ4v) is 3.75. The molecule has 2 aromatic carbocycles. The van der Waals surface area contributed by atoms with Crippen molar-refractivity contribution < 1.29 is 14.3 Å². The first-order valence-electron chi connectivity index (χ1n) is 8.55. The van der Waals surface area contributed by atoms with E-state index in [0.29, 0.717) is 18.1 Å². The van der Waals surface area contributed by atoms with E-state index in [1.165, 1.54) is 4.90 Å². The Bertz CT molecular complexity index is 888. The molecule has 2 aromatic rings. The lowest BCUT2D eigenvalue weighted by molar-refractivity contribution is -0.138. The summed E-state index contributed by atoms with van der Waals surface area (Å²) in [5, 5.41) is 3.46. The molecule has 0 aromatic heterocycles. The number of benzene rings is 2. The van der Waals surface area contributed by atoms with E-state index in [9.17, 15) is 9.59 Å². The highest BCUT2D eigenvalue weighted by Crippen LogP contribution is 2.30. The van der Waals surface area contributed by atoms with Gasteiger partial charge in [-0.05, 0) is 60.9 Å². The van der Waals surface area contributed by atoms with Crippen molar-refractivity contribution in [2.45, 2.75) is 13.3 Å². The minimum Gasteiger partial charge on any atom is -0.492 e. The Labute approximate surface area is 171 Å². The number of anilines is 1. The van der Waals surface area contributed by atoms with E-state index in [1.807, 2.05) is 37.3 Å². The number of carbonyl (C=O) groups excluding carboxylic acids is 2. The molecule has 0 fully saturated rings. The Morgan fingerprint density at radius 2 is 2.07 bits per heavy atom. The first-order chi connectivity index (χ1) is 12.8. The van der Waals surface area contributed by atoms with Gasteiger partial charge < -0.3 is 15.0 Å². The molecule has 27 heavy (non-hydrogen) atoms. The molecule has 0 spiro atoms. The lowest BCUT2D eigenvalue weighted by atomic mass is 9.95. The fraction of sp³-hybridized carbons (Fsp3) is 0.300. The highest BCUT2D eigenvalue weighted by molar-refractivity contribution is 9.10. The fourth-order valence-electron chi connectivity index (χ4n) is 3.08. The molecule has 3 rings (SSSR count). The summed E-state index contributed by atoms with van der Waals surface area (Å²) in [5.74, 6) is 0.0671. The van der Waals surface area contributed by atoms with Crippen molar-refractivity contribution in [1.29, 1.82) is 0 Å². The number of amides is 2. The molecule has 5 nitrogen and oxygen atoms in total. The molecule has 1 aliphatic rings. The van der Waals surface area contributed by atoms with Gasteiger partial charge in [0, 0.05) is 22.2 Å². The molecule has 142 valence electrons. The van der Waals surface area contributed by atoms with Gasteiger partial charge in [0.15, 0.2) is 0 Å². The van der Waals surface area contributed by atoms with Crippen LogP contribution in [0.15, 0.2) is 40.9 Å². The first kappa shape index (κ1) is 19.7. The predicted octanol–water partition coefficient (Wildman–Crippen LogP) is 4.06. The maximum atomic E-state index is 12.7. The summed E-state index contributed by atoms with van der Waals surface area (Å²) in [5.41, 5.74) is 2.59. The van der Waals surface area contributed by atoms with Gasteiger partial charge in [0.1, 0.15) is 12.4 Å². The summed E-state index contributed by atoms with van der Waals surface area (Å²) in [6, 6.07) is 11.0. The van der Waals surface area contributed by atoms with E-state index in [2.05, 4.69) is 21.2 Å². The highest BCUT2D eigenvalue weighted by atomic mass is 79.9. The van der Waals surface area contributed by atoms with Gasteiger partial charge >= 0.3 is 0 Å². The molecule has 0 saturated heterocycles. The van der Waals surface area contributed by atoms with Crippen LogP contribution in [0.4, 0.5) is 5.69 Å². The number of nitrogens with zero attached hydrogens (tertiary/aromatic N) is 1. The normalized spacial score (nSPS) is 15.5. The number of nitrogens with one attached hydrogen (secondary N) is 1. The van der Waals surface area contributed by atoms with Crippen LogP contribution in [0.3, 0.4) is 0 Å². The van der Waals surface area contributed by atoms with Crippen molar-refractivity contribution in [1.82, 2.24) is 4.90 Å². The van der Waals surface area contributed by atoms with Crippen molar-refractivity contribution in [2.24, 2.45) is 5.92 Å². The molecule has 1 heterocycles. The Hall–Kier alpha value is -2.05. The summed E-state index contributed by atoms with van der Waals surface area (Å²) < 4.78 is 6.63. The van der Waals surface area contributed by atoms with Gasteiger partial charge in [-0.2, -0.15) is 0 Å². The monoisotopic (exact) mass is 450 g/mol. The molecule has 1 N–H and O–H groups in total. The number of hydrogen-bond acceptors (Lipinski definition) is 3. The Morgan fingerprint density at radius 3 is 2.81 bits per heavy atom. The molecule has 0 saturated carbocycles. The number of fused-ring (bicyclic) bond motifs is 1. The zero-order chi connectivity index (χ0) is 19.6. The molecule has 7 heteroatoms. The zero-order valence-corrected chi connectivity index (χ0v) is 17.4. The SMILES string of the molecule is Cc1cc(Br)ccc1NC(=O)CN(C)C(=O)C1COc2ccc(Cl)cc2C1. The third-order valence-electron chi connectivity index (χ3n) is 4.50. The van der Waals surface area contributed by atoms with Gasteiger partial charge in [-0.25, -0.2) is 0 Å². The molecule has 1 unspecified atom stereocenters. The van der Waals surface area contributed by atoms with E-state index >= 15 is 0 Å². The standard InChI is InChI=1S/C20H20BrClN2O3/c1-12-7-15(21)3-5-17(12)23-19(25)10-24(2)20(26)14-8-13-9-16(22)4-6-18(13)27-11-14/h3-7,9,14H,8,10-11H2,1-2H3,(H,23,25). The average Bonchev–Trinajstić information content (AvgIpc) is 2.62. The van der Waals surface area contributed by atoms with Crippen molar-refractivity contribution in [3.05, 3.63) is 57.0 Å². The number of rotatable bonds is 4. The van der Waals surface area contributed by atoms with Crippen molar-refractivity contribution in [3.8, 4) is 5.75 Å².